The van der Waals surface area contributed by atoms with Crippen molar-refractivity contribution >= 4 is 47.7 Å². The van der Waals surface area contributed by atoms with Gasteiger partial charge in [0.25, 0.3) is 0 Å². The smallest absolute Gasteiger partial charge is 0 e. The van der Waals surface area contributed by atoms with Crippen LogP contribution in [0.15, 0.2) is 146 Å². The van der Waals surface area contributed by atoms with Crippen molar-refractivity contribution in [1.29, 1.82) is 0 Å². The van der Waals surface area contributed by atoms with Crippen LogP contribution in [0.2, 0.25) is 0 Å². The molecule has 0 aliphatic carbocycles. The average molecular weight is 610 g/mol. The molecule has 0 saturated heterocycles. The van der Waals surface area contributed by atoms with E-state index in [1.165, 1.54) is 54.1 Å². The van der Waals surface area contributed by atoms with Crippen LogP contribution in [0.25, 0.3) is 0 Å². The largest absolute Gasteiger partial charge is 0.748 e. The first-order valence-electron chi connectivity index (χ1n) is 13.8. The van der Waals surface area contributed by atoms with Crippen molar-refractivity contribution in [2.45, 2.75) is 27.7 Å². The van der Waals surface area contributed by atoms with Crippen molar-refractivity contribution in [2.24, 2.45) is 0 Å². The van der Waals surface area contributed by atoms with Crippen LogP contribution >= 0.6 is 15.8 Å². The molecule has 0 N–H and O–H groups in total. The summed E-state index contributed by atoms with van der Waals surface area (Å²) in [5.74, 6) is 0. The molecule has 212 valence electrons. The maximum Gasteiger partial charge on any atom is 0 e. The fourth-order valence-electron chi connectivity index (χ4n) is 5.14. The van der Waals surface area contributed by atoms with Gasteiger partial charge in [-0.25, -0.2) is 12.1 Å². The van der Waals surface area contributed by atoms with Crippen molar-refractivity contribution in [3.63, 3.8) is 0 Å². The summed E-state index contributed by atoms with van der Waals surface area (Å²) in [6.07, 6.45) is 0. The van der Waals surface area contributed by atoms with E-state index < -0.39 is 15.8 Å². The minimum absolute atomic E-state index is 0. The van der Waals surface area contributed by atoms with Crippen LogP contribution < -0.4 is 31.8 Å². The Morgan fingerprint density at radius 2 is 0.780 bits per heavy atom. The minimum Gasteiger partial charge on any atom is -0.748 e. The summed E-state index contributed by atoms with van der Waals surface area (Å²) >= 11 is 0. The molecule has 0 bridgehead atoms. The Morgan fingerprint density at radius 3 is 1.15 bits per heavy atom. The first-order valence-corrected chi connectivity index (χ1v) is 16.5. The zero-order valence-corrected chi connectivity index (χ0v) is 27.0. The molecular formula is C38H36FeP2-6. The topological polar surface area (TPSA) is 0 Å². The molecule has 0 aliphatic heterocycles. The van der Waals surface area contributed by atoms with Crippen LogP contribution in [-0.4, -0.2) is 0 Å². The molecule has 0 aliphatic rings. The monoisotopic (exact) mass is 610 g/mol. The Bertz CT molecular complexity index is 1440. The van der Waals surface area contributed by atoms with Crippen LogP contribution in [0, 0.1) is 27.7 Å². The third kappa shape index (κ3) is 7.07. The van der Waals surface area contributed by atoms with Crippen LogP contribution in [-0.2, 0) is 17.1 Å². The first-order chi connectivity index (χ1) is 19.6. The third-order valence-corrected chi connectivity index (χ3v) is 13.1. The van der Waals surface area contributed by atoms with Gasteiger partial charge >= 0.3 is 0 Å². The van der Waals surface area contributed by atoms with Gasteiger partial charge in [-0.05, 0) is 79.1 Å². The predicted molar refractivity (Wildman–Crippen MR) is 180 cm³/mol. The Morgan fingerprint density at radius 1 is 0.439 bits per heavy atom. The van der Waals surface area contributed by atoms with Gasteiger partial charge in [-0.2, -0.15) is 6.07 Å². The molecule has 0 atom stereocenters. The van der Waals surface area contributed by atoms with Crippen molar-refractivity contribution in [3.8, 4) is 0 Å². The molecule has 41 heavy (non-hydrogen) atoms. The molecule has 0 nitrogen and oxygen atoms in total. The van der Waals surface area contributed by atoms with E-state index in [0.29, 0.717) is 0 Å². The molecule has 0 amide bonds. The maximum atomic E-state index is 2.39. The fourth-order valence-corrected chi connectivity index (χ4v) is 11.0. The van der Waals surface area contributed by atoms with E-state index >= 15 is 0 Å². The van der Waals surface area contributed by atoms with Gasteiger partial charge in [0, 0.05) is 17.1 Å². The summed E-state index contributed by atoms with van der Waals surface area (Å²) < 4.78 is 0. The summed E-state index contributed by atoms with van der Waals surface area (Å²) in [7, 11) is -1.38. The standard InChI is InChI=1S/C33H31P2.C5H5.Fe/c1-24-14-5-9-18-28(24)34(29-19-10-6-15-25(29)2)32-22-13-23-33(32)35(30-20-11-7-16-26(30)3)31-21-12-8-17-27(31)4;1-2-4-5-3-1;/h5-23H,1-4H3;1-5H;/q-1;-5;. The summed E-state index contributed by atoms with van der Waals surface area (Å²) in [6, 6.07) is 52.9. The molecule has 3 heteroatoms. The molecule has 0 radical (unpaired) electrons. The second-order valence-electron chi connectivity index (χ2n) is 10.1. The Hall–Kier alpha value is -3.04. The van der Waals surface area contributed by atoms with Gasteiger partial charge in [0.05, 0.1) is 0 Å². The van der Waals surface area contributed by atoms with E-state index in [0.717, 1.165) is 0 Å². The van der Waals surface area contributed by atoms with Crippen LogP contribution in [0.5, 0.6) is 0 Å². The van der Waals surface area contributed by atoms with Crippen molar-refractivity contribution < 1.29 is 17.1 Å². The van der Waals surface area contributed by atoms with Crippen molar-refractivity contribution in [1.82, 2.24) is 0 Å². The van der Waals surface area contributed by atoms with E-state index in [9.17, 15) is 0 Å². The molecule has 0 saturated carbocycles. The van der Waals surface area contributed by atoms with Gasteiger partial charge in [-0.3, -0.25) is 0 Å². The van der Waals surface area contributed by atoms with E-state index in [1.807, 2.05) is 30.3 Å². The van der Waals surface area contributed by atoms with Gasteiger partial charge in [-0.15, -0.1) is 10.6 Å². The summed E-state index contributed by atoms with van der Waals surface area (Å²) in [5, 5.41) is 8.78. The normalized spacial score (nSPS) is 10.7. The van der Waals surface area contributed by atoms with E-state index in [4.69, 9.17) is 0 Å². The maximum absolute atomic E-state index is 2.39. The van der Waals surface area contributed by atoms with Gasteiger partial charge in [0.1, 0.15) is 0 Å². The molecule has 6 aromatic rings. The van der Waals surface area contributed by atoms with Gasteiger partial charge in [0.15, 0.2) is 0 Å². The molecule has 0 aromatic heterocycles. The van der Waals surface area contributed by atoms with Crippen molar-refractivity contribution in [2.75, 3.05) is 0 Å². The quantitative estimate of drug-likeness (QED) is 0.104. The van der Waals surface area contributed by atoms with E-state index in [2.05, 4.69) is 143 Å². The van der Waals surface area contributed by atoms with Gasteiger partial charge < -0.3 is 30.3 Å². The fraction of sp³-hybridized carbons (Fsp3) is 0.105. The molecule has 0 heterocycles. The minimum atomic E-state index is -0.688. The van der Waals surface area contributed by atoms with Crippen molar-refractivity contribution in [3.05, 3.63) is 168 Å². The second-order valence-corrected chi connectivity index (χ2v) is 14.3. The number of rotatable bonds is 6. The Balaban J connectivity index is 0.000000584. The van der Waals surface area contributed by atoms with Crippen LogP contribution in [0.3, 0.4) is 0 Å². The van der Waals surface area contributed by atoms with Crippen LogP contribution in [0.1, 0.15) is 22.3 Å². The summed E-state index contributed by atoms with van der Waals surface area (Å²) in [5.41, 5.74) is 5.46. The third-order valence-electron chi connectivity index (χ3n) is 7.23. The molecule has 6 rings (SSSR count). The molecule has 0 spiro atoms. The first kappa shape index (κ1) is 30.9. The van der Waals surface area contributed by atoms with Gasteiger partial charge in [0.2, 0.25) is 0 Å². The van der Waals surface area contributed by atoms with E-state index in [-0.39, 0.29) is 17.1 Å². The zero-order chi connectivity index (χ0) is 27.9. The molecule has 6 aromatic carbocycles. The Labute approximate surface area is 259 Å². The summed E-state index contributed by atoms with van der Waals surface area (Å²) in [4.78, 5) is 0. The Kier molecular flexibility index (Phi) is 11.1. The SMILES string of the molecule is Cc1ccccc1P(c1ccccc1C)c1ccc[c-]1P(c1ccccc1C)c1ccccc1C.[Fe].[cH-]1[cH-][cH-][cH-][cH-]1. The number of benzene rings is 4. The second kappa shape index (κ2) is 14.7. The van der Waals surface area contributed by atoms with Crippen LogP contribution in [0.4, 0.5) is 0 Å². The molecule has 0 unspecified atom stereocenters. The molecular weight excluding hydrogens is 574 g/mol. The average Bonchev–Trinajstić information content (AvgIpc) is 3.70. The molecule has 0 fully saturated rings. The number of hydrogen-bond acceptors (Lipinski definition) is 0. The van der Waals surface area contributed by atoms with E-state index in [1.54, 1.807) is 0 Å². The summed E-state index contributed by atoms with van der Waals surface area (Å²) in [6.45, 7) is 9.04. The number of aryl methyl sites for hydroxylation is 4. The predicted octanol–water partition coefficient (Wildman–Crippen LogP) is 7.56. The number of hydrogen-bond donors (Lipinski definition) is 0. The van der Waals surface area contributed by atoms with Gasteiger partial charge in [-0.1, -0.05) is 105 Å². The zero-order valence-electron chi connectivity index (χ0n) is 24.1.